The van der Waals surface area contributed by atoms with Gasteiger partial charge in [-0.3, -0.25) is 4.79 Å². The predicted molar refractivity (Wildman–Crippen MR) is 82.1 cm³/mol. The van der Waals surface area contributed by atoms with E-state index >= 15 is 0 Å². The number of aromatic nitrogens is 1. The summed E-state index contributed by atoms with van der Waals surface area (Å²) in [6.07, 6.45) is 3.64. The fraction of sp³-hybridized carbons (Fsp3) is 0.533. The molecule has 1 aliphatic carbocycles. The first kappa shape index (κ1) is 15.8. The Kier molecular flexibility index (Phi) is 4.29. The topological polar surface area (TPSA) is 49.7 Å². The summed E-state index contributed by atoms with van der Waals surface area (Å²) < 4.78 is 19.2. The lowest BCUT2D eigenvalue weighted by Crippen LogP contribution is -2.59. The number of hydrogen-bond acceptors (Lipinski definition) is 4. The quantitative estimate of drug-likeness (QED) is 0.727. The van der Waals surface area contributed by atoms with Crippen LogP contribution in [0.3, 0.4) is 0 Å². The number of ether oxygens (including phenoxy) is 2. The first-order valence-electron chi connectivity index (χ1n) is 7.25. The SMILES string of the molecule is CCOC1=C(OCC)C(O[Si](C)(C)C)(n2cccc2)C1=O. The Morgan fingerprint density at radius 1 is 1.10 bits per heavy atom. The highest BCUT2D eigenvalue weighted by Gasteiger charge is 2.61. The van der Waals surface area contributed by atoms with E-state index in [1.54, 1.807) is 4.57 Å². The number of hydrogen-bond donors (Lipinski definition) is 0. The van der Waals surface area contributed by atoms with Crippen LogP contribution in [0, 0.1) is 0 Å². The molecule has 0 saturated heterocycles. The number of carbonyl (C=O) groups is 1. The molecule has 116 valence electrons. The lowest BCUT2D eigenvalue weighted by atomic mass is 9.91. The average molecular weight is 309 g/mol. The summed E-state index contributed by atoms with van der Waals surface area (Å²) in [5, 5.41) is 0. The van der Waals surface area contributed by atoms with Crippen molar-refractivity contribution in [3.05, 3.63) is 36.0 Å². The molecule has 0 aromatic carbocycles. The second-order valence-electron chi connectivity index (χ2n) is 5.80. The zero-order valence-electron chi connectivity index (χ0n) is 13.3. The molecule has 0 bridgehead atoms. The van der Waals surface area contributed by atoms with Crippen molar-refractivity contribution >= 4 is 14.1 Å². The van der Waals surface area contributed by atoms with Gasteiger partial charge < -0.3 is 18.5 Å². The molecule has 0 radical (unpaired) electrons. The van der Waals surface area contributed by atoms with Crippen LogP contribution in [0.4, 0.5) is 0 Å². The van der Waals surface area contributed by atoms with E-state index in [2.05, 4.69) is 0 Å². The molecule has 1 aliphatic rings. The van der Waals surface area contributed by atoms with Crippen molar-refractivity contribution in [3.63, 3.8) is 0 Å². The van der Waals surface area contributed by atoms with Gasteiger partial charge in [0.05, 0.1) is 13.2 Å². The van der Waals surface area contributed by atoms with E-state index in [4.69, 9.17) is 13.9 Å². The molecule has 21 heavy (non-hydrogen) atoms. The minimum absolute atomic E-state index is 0.175. The second kappa shape index (κ2) is 5.69. The van der Waals surface area contributed by atoms with Crippen LogP contribution in [0.2, 0.25) is 19.6 Å². The van der Waals surface area contributed by atoms with Gasteiger partial charge in [0.2, 0.25) is 11.5 Å². The predicted octanol–water partition coefficient (Wildman–Crippen LogP) is 2.86. The summed E-state index contributed by atoms with van der Waals surface area (Å²) in [4.78, 5) is 12.7. The summed E-state index contributed by atoms with van der Waals surface area (Å²) in [6.45, 7) is 10.8. The fourth-order valence-electron chi connectivity index (χ4n) is 2.40. The summed E-state index contributed by atoms with van der Waals surface area (Å²) >= 11 is 0. The van der Waals surface area contributed by atoms with E-state index in [0.29, 0.717) is 19.0 Å². The molecule has 1 unspecified atom stereocenters. The Bertz CT molecular complexity index is 545. The Hall–Kier alpha value is -1.53. The maximum Gasteiger partial charge on any atom is 0.266 e. The van der Waals surface area contributed by atoms with Gasteiger partial charge in [0.25, 0.3) is 11.5 Å². The van der Waals surface area contributed by atoms with Gasteiger partial charge in [-0.2, -0.15) is 0 Å². The molecule has 0 N–H and O–H groups in total. The Morgan fingerprint density at radius 2 is 1.67 bits per heavy atom. The lowest BCUT2D eigenvalue weighted by Gasteiger charge is -2.45. The van der Waals surface area contributed by atoms with Crippen LogP contribution in [-0.4, -0.2) is 31.9 Å². The second-order valence-corrected chi connectivity index (χ2v) is 10.2. The monoisotopic (exact) mass is 309 g/mol. The van der Waals surface area contributed by atoms with E-state index in [0.717, 1.165) is 0 Å². The van der Waals surface area contributed by atoms with Crippen molar-refractivity contribution in [1.29, 1.82) is 0 Å². The zero-order valence-corrected chi connectivity index (χ0v) is 14.3. The van der Waals surface area contributed by atoms with Gasteiger partial charge in [-0.05, 0) is 45.6 Å². The summed E-state index contributed by atoms with van der Waals surface area (Å²) in [5.74, 6) is 0.591. The van der Waals surface area contributed by atoms with Gasteiger partial charge in [0.1, 0.15) is 0 Å². The largest absolute Gasteiger partial charge is 0.489 e. The highest BCUT2D eigenvalue weighted by atomic mass is 28.4. The third kappa shape index (κ3) is 2.65. The maximum absolute atomic E-state index is 12.7. The first-order chi connectivity index (χ1) is 9.86. The maximum atomic E-state index is 12.7. The van der Waals surface area contributed by atoms with Crippen molar-refractivity contribution in [1.82, 2.24) is 4.57 Å². The van der Waals surface area contributed by atoms with Gasteiger partial charge in [0, 0.05) is 12.4 Å². The minimum Gasteiger partial charge on any atom is -0.489 e. The Morgan fingerprint density at radius 3 is 2.14 bits per heavy atom. The molecular formula is C15H23NO4Si. The van der Waals surface area contributed by atoms with Gasteiger partial charge in [0.15, 0.2) is 8.32 Å². The average Bonchev–Trinajstić information content (AvgIpc) is 2.93. The van der Waals surface area contributed by atoms with Crippen LogP contribution < -0.4 is 0 Å². The van der Waals surface area contributed by atoms with Crippen LogP contribution in [0.15, 0.2) is 36.0 Å². The highest BCUT2D eigenvalue weighted by Crippen LogP contribution is 2.45. The van der Waals surface area contributed by atoms with Crippen molar-refractivity contribution in [2.75, 3.05) is 13.2 Å². The number of nitrogens with zero attached hydrogens (tertiary/aromatic N) is 1. The summed E-state index contributed by atoms with van der Waals surface area (Å²) in [5.41, 5.74) is -1.20. The molecule has 5 nitrogen and oxygen atoms in total. The molecule has 0 amide bonds. The first-order valence-corrected chi connectivity index (χ1v) is 10.7. The van der Waals surface area contributed by atoms with Crippen LogP contribution in [0.5, 0.6) is 0 Å². The van der Waals surface area contributed by atoms with E-state index in [9.17, 15) is 4.79 Å². The molecule has 0 saturated carbocycles. The molecule has 1 aromatic heterocycles. The smallest absolute Gasteiger partial charge is 0.266 e. The van der Waals surface area contributed by atoms with E-state index < -0.39 is 14.0 Å². The van der Waals surface area contributed by atoms with E-state index in [-0.39, 0.29) is 11.5 Å². The van der Waals surface area contributed by atoms with Gasteiger partial charge in [-0.1, -0.05) is 0 Å². The lowest BCUT2D eigenvalue weighted by molar-refractivity contribution is -0.157. The molecule has 2 rings (SSSR count). The van der Waals surface area contributed by atoms with Gasteiger partial charge in [-0.25, -0.2) is 0 Å². The molecule has 0 fully saturated rings. The Balaban J connectivity index is 2.53. The standard InChI is InChI=1S/C15H23NO4Si/c1-6-18-12-13(17)15(14(12)19-7-2,20-21(3,4)5)16-10-8-9-11-16/h8-11H,6-7H2,1-5H3. The number of rotatable bonds is 7. The number of Topliss-reactive ketones (excluding diaryl/α,β-unsaturated/α-hetero) is 1. The molecule has 0 spiro atoms. The minimum atomic E-state index is -2.00. The third-order valence-corrected chi connectivity index (χ3v) is 3.94. The highest BCUT2D eigenvalue weighted by molar-refractivity contribution is 6.70. The van der Waals surface area contributed by atoms with Crippen LogP contribution in [0.25, 0.3) is 0 Å². The van der Waals surface area contributed by atoms with Crippen molar-refractivity contribution in [3.8, 4) is 0 Å². The van der Waals surface area contributed by atoms with E-state index in [1.165, 1.54) is 0 Å². The number of carbonyl (C=O) groups excluding carboxylic acids is 1. The van der Waals surface area contributed by atoms with Crippen LogP contribution >= 0.6 is 0 Å². The van der Waals surface area contributed by atoms with Crippen LogP contribution in [0.1, 0.15) is 13.8 Å². The van der Waals surface area contributed by atoms with Crippen molar-refractivity contribution < 1.29 is 18.7 Å². The van der Waals surface area contributed by atoms with Crippen molar-refractivity contribution in [2.24, 2.45) is 0 Å². The molecule has 1 atom stereocenters. The summed E-state index contributed by atoms with van der Waals surface area (Å²) in [7, 11) is -2.00. The van der Waals surface area contributed by atoms with Gasteiger partial charge >= 0.3 is 0 Å². The normalized spacial score (nSPS) is 22.2. The molecule has 0 aliphatic heterocycles. The van der Waals surface area contributed by atoms with Crippen LogP contribution in [-0.2, 0) is 24.4 Å². The molecule has 1 aromatic rings. The fourth-order valence-corrected chi connectivity index (χ4v) is 3.58. The molecule has 6 heteroatoms. The molecular weight excluding hydrogens is 286 g/mol. The molecule has 1 heterocycles. The Labute approximate surface area is 126 Å². The number of ketones is 1. The third-order valence-electron chi connectivity index (χ3n) is 3.03. The van der Waals surface area contributed by atoms with Crippen molar-refractivity contribution in [2.45, 2.75) is 39.2 Å². The van der Waals surface area contributed by atoms with E-state index in [1.807, 2.05) is 58.0 Å². The summed E-state index contributed by atoms with van der Waals surface area (Å²) in [6, 6.07) is 3.73. The van der Waals surface area contributed by atoms with Gasteiger partial charge in [-0.15, -0.1) is 0 Å². The zero-order chi connectivity index (χ0) is 15.7.